The summed E-state index contributed by atoms with van der Waals surface area (Å²) in [6.07, 6.45) is -1.54. The molecule has 5 aromatic rings. The molecule has 5 aromatic carbocycles. The fraction of sp³-hybridized carbons (Fsp3) is 0.256. The number of rotatable bonds is 15. The van der Waals surface area contributed by atoms with E-state index in [1.165, 1.54) is 0 Å². The van der Waals surface area contributed by atoms with Gasteiger partial charge in [0.15, 0.2) is 6.10 Å². The van der Waals surface area contributed by atoms with E-state index in [-0.39, 0.29) is 6.61 Å². The van der Waals surface area contributed by atoms with Gasteiger partial charge >= 0.3 is 0 Å². The maximum atomic E-state index is 6.84. The monoisotopic (exact) mass is 690 g/mol. The van der Waals surface area contributed by atoms with Crippen molar-refractivity contribution in [1.82, 2.24) is 0 Å². The van der Waals surface area contributed by atoms with Gasteiger partial charge in [-0.1, -0.05) is 127 Å². The summed E-state index contributed by atoms with van der Waals surface area (Å²) in [5, 5.41) is 0.631. The third-order valence-corrected chi connectivity index (χ3v) is 9.15. The predicted molar refractivity (Wildman–Crippen MR) is 196 cm³/mol. The quantitative estimate of drug-likeness (QED) is 0.109. The summed E-state index contributed by atoms with van der Waals surface area (Å²) in [4.78, 5) is 0. The van der Waals surface area contributed by atoms with Crippen LogP contribution in [0.4, 0.5) is 0 Å². The van der Waals surface area contributed by atoms with Crippen LogP contribution in [0.2, 0.25) is 5.02 Å². The molecule has 1 aliphatic heterocycles. The normalized spacial score (nSPS) is 20.3. The van der Waals surface area contributed by atoms with Gasteiger partial charge in [0.1, 0.15) is 23.7 Å². The van der Waals surface area contributed by atoms with Crippen molar-refractivity contribution in [2.75, 3.05) is 13.7 Å². The molecule has 6 nitrogen and oxygen atoms in total. The van der Waals surface area contributed by atoms with E-state index in [2.05, 4.69) is 6.58 Å². The lowest BCUT2D eigenvalue weighted by atomic mass is 9.87. The fourth-order valence-electron chi connectivity index (χ4n) is 6.24. The number of methoxy groups -OCH3 is 1. The van der Waals surface area contributed by atoms with Crippen molar-refractivity contribution in [2.24, 2.45) is 0 Å². The Hall–Kier alpha value is -4.43. The Balaban J connectivity index is 1.39. The van der Waals surface area contributed by atoms with Crippen molar-refractivity contribution in [2.45, 2.75) is 57.3 Å². The molecule has 0 saturated carbocycles. The van der Waals surface area contributed by atoms with E-state index in [0.29, 0.717) is 37.0 Å². The molecule has 0 unspecified atom stereocenters. The van der Waals surface area contributed by atoms with Gasteiger partial charge in [-0.05, 0) is 65.4 Å². The van der Waals surface area contributed by atoms with Gasteiger partial charge in [0, 0.05) is 17.7 Å². The van der Waals surface area contributed by atoms with Gasteiger partial charge in [-0.15, -0.1) is 0 Å². The van der Waals surface area contributed by atoms with E-state index in [0.717, 1.165) is 39.1 Å². The first-order valence-electron chi connectivity index (χ1n) is 16.9. The molecule has 1 heterocycles. The minimum absolute atomic E-state index is 0.287. The number of hydrogen-bond acceptors (Lipinski definition) is 6. The zero-order valence-electron chi connectivity index (χ0n) is 28.5. The minimum Gasteiger partial charge on any atom is -0.494 e. The average molecular weight is 691 g/mol. The van der Waals surface area contributed by atoms with Crippen molar-refractivity contribution in [3.05, 3.63) is 184 Å². The molecule has 50 heavy (non-hydrogen) atoms. The van der Waals surface area contributed by atoms with Crippen LogP contribution in [0.3, 0.4) is 0 Å². The first-order chi connectivity index (χ1) is 24.5. The molecule has 1 fully saturated rings. The number of benzene rings is 5. The van der Waals surface area contributed by atoms with Crippen LogP contribution in [0.15, 0.2) is 146 Å². The van der Waals surface area contributed by atoms with Crippen LogP contribution in [0.1, 0.15) is 40.3 Å². The summed E-state index contributed by atoms with van der Waals surface area (Å²) in [6.45, 7) is 7.88. The van der Waals surface area contributed by atoms with Gasteiger partial charge in [0.05, 0.1) is 26.4 Å². The van der Waals surface area contributed by atoms with E-state index in [1.807, 2.05) is 140 Å². The molecule has 6 rings (SSSR count). The Morgan fingerprint density at radius 3 is 1.80 bits per heavy atom. The largest absolute Gasteiger partial charge is 0.494 e. The molecule has 4 atom stereocenters. The second kappa shape index (κ2) is 17.0. The highest BCUT2D eigenvalue weighted by Gasteiger charge is 2.57. The zero-order chi connectivity index (χ0) is 34.8. The van der Waals surface area contributed by atoms with E-state index < -0.39 is 24.1 Å². The van der Waals surface area contributed by atoms with E-state index in [4.69, 9.17) is 40.0 Å². The van der Waals surface area contributed by atoms with Crippen LogP contribution in [0.5, 0.6) is 5.75 Å². The van der Waals surface area contributed by atoms with E-state index >= 15 is 0 Å². The highest BCUT2D eigenvalue weighted by molar-refractivity contribution is 6.31. The smallest absolute Gasteiger partial charge is 0.265 e. The molecule has 0 bridgehead atoms. The lowest BCUT2D eigenvalue weighted by molar-refractivity contribution is -0.338. The van der Waals surface area contributed by atoms with Crippen LogP contribution < -0.4 is 4.74 Å². The van der Waals surface area contributed by atoms with Crippen molar-refractivity contribution < 1.29 is 28.4 Å². The molecule has 7 heteroatoms. The third-order valence-electron chi connectivity index (χ3n) is 8.78. The van der Waals surface area contributed by atoms with Gasteiger partial charge < -0.3 is 28.4 Å². The summed E-state index contributed by atoms with van der Waals surface area (Å²) in [7, 11) is 1.62. The fourth-order valence-corrected chi connectivity index (χ4v) is 6.42. The molecule has 0 aromatic heterocycles. The Labute approximate surface area is 300 Å². The summed E-state index contributed by atoms with van der Waals surface area (Å²) in [5.41, 5.74) is 5.75. The van der Waals surface area contributed by atoms with Gasteiger partial charge in [0.25, 0.3) is 5.79 Å². The van der Waals surface area contributed by atoms with Crippen LogP contribution in [-0.4, -0.2) is 32.0 Å². The Morgan fingerprint density at radius 1 is 0.680 bits per heavy atom. The van der Waals surface area contributed by atoms with Crippen molar-refractivity contribution in [3.63, 3.8) is 0 Å². The summed E-state index contributed by atoms with van der Waals surface area (Å²) >= 11 is 6.83. The first kappa shape index (κ1) is 35.4. The maximum absolute atomic E-state index is 6.84. The minimum atomic E-state index is -1.45. The molecule has 1 aliphatic rings. The highest BCUT2D eigenvalue weighted by Crippen LogP contribution is 2.45. The van der Waals surface area contributed by atoms with E-state index in [1.54, 1.807) is 7.11 Å². The second-order valence-corrected chi connectivity index (χ2v) is 12.6. The number of halogens is 1. The molecular weight excluding hydrogens is 648 g/mol. The lowest BCUT2D eigenvalue weighted by Gasteiger charge is -2.49. The zero-order valence-corrected chi connectivity index (χ0v) is 29.3. The highest BCUT2D eigenvalue weighted by atomic mass is 35.5. The molecule has 0 aliphatic carbocycles. The SMILES string of the molecule is C=C1O[C@@](OC)(c2ccc(Cl)c(Cc3ccc(OCC)cc3)c2)[C@H](OCc2ccccc2)[C@@H](OCc2ccccc2)[C@@H]1OCc1ccccc1. The molecule has 0 radical (unpaired) electrons. The Kier molecular flexibility index (Phi) is 12.0. The third kappa shape index (κ3) is 8.47. The van der Waals surface area contributed by atoms with Crippen molar-refractivity contribution >= 4 is 11.6 Å². The average Bonchev–Trinajstić information content (AvgIpc) is 3.16. The van der Waals surface area contributed by atoms with Gasteiger partial charge in [-0.3, -0.25) is 0 Å². The molecule has 0 spiro atoms. The summed E-state index contributed by atoms with van der Waals surface area (Å²) < 4.78 is 39.0. The topological polar surface area (TPSA) is 55.4 Å². The summed E-state index contributed by atoms with van der Waals surface area (Å²) in [6, 6.07) is 43.9. The van der Waals surface area contributed by atoms with E-state index in [9.17, 15) is 0 Å². The molecule has 0 N–H and O–H groups in total. The second-order valence-electron chi connectivity index (χ2n) is 12.2. The van der Waals surface area contributed by atoms with Crippen LogP contribution in [0, 0.1) is 0 Å². The van der Waals surface area contributed by atoms with Crippen molar-refractivity contribution in [1.29, 1.82) is 0 Å². The predicted octanol–water partition coefficient (Wildman–Crippen LogP) is 9.43. The lowest BCUT2D eigenvalue weighted by Crippen LogP contribution is -2.61. The van der Waals surface area contributed by atoms with Crippen molar-refractivity contribution in [3.8, 4) is 5.75 Å². The number of hydrogen-bond donors (Lipinski definition) is 0. The van der Waals surface area contributed by atoms with Gasteiger partial charge in [-0.2, -0.15) is 0 Å². The molecule has 0 amide bonds. The summed E-state index contributed by atoms with van der Waals surface area (Å²) in [5.74, 6) is -0.242. The number of ether oxygens (including phenoxy) is 6. The van der Waals surface area contributed by atoms with Crippen LogP contribution in [0.25, 0.3) is 0 Å². The Bertz CT molecular complexity index is 1800. The molecule has 258 valence electrons. The first-order valence-corrected chi connectivity index (χ1v) is 17.3. The standard InChI is InChI=1S/C43H43ClO6/c1-4-46-38-23-20-32(21-24-38)26-36-27-37(22-25-39(36)44)43(45-3)42(49-30-35-18-12-7-13-19-35)41(48-29-34-16-10-6-11-17-34)40(31(2)50-43)47-28-33-14-8-5-9-15-33/h5-25,27,40-42H,2,4,26,28-30H2,1,3H3/t40-,41+,42-,43+/m1/s1. The maximum Gasteiger partial charge on any atom is 0.265 e. The van der Waals surface area contributed by atoms with Gasteiger partial charge in [-0.25, -0.2) is 0 Å². The Morgan fingerprint density at radius 2 is 1.24 bits per heavy atom. The van der Waals surface area contributed by atoms with Crippen LogP contribution in [-0.2, 0) is 55.7 Å². The molecule has 1 saturated heterocycles. The van der Waals surface area contributed by atoms with Gasteiger partial charge in [0.2, 0.25) is 0 Å². The van der Waals surface area contributed by atoms with Crippen LogP contribution >= 0.6 is 11.6 Å². The molecular formula is C43H43ClO6.